The molecule has 3 amide bonds. The van der Waals surface area contributed by atoms with Crippen molar-refractivity contribution < 1.29 is 38.6 Å². The number of aliphatic hydroxyl groups is 1. The molecule has 0 spiro atoms. The molecule has 2 aromatic carbocycles. The van der Waals surface area contributed by atoms with Crippen LogP contribution in [0, 0.1) is 17.3 Å². The quantitative estimate of drug-likeness (QED) is 0.0684. The molecule has 2 aromatic heterocycles. The third-order valence-electron chi connectivity index (χ3n) is 13.0. The van der Waals surface area contributed by atoms with Gasteiger partial charge in [0.15, 0.2) is 0 Å². The Morgan fingerprint density at radius 1 is 1.06 bits per heavy atom. The second-order valence-corrected chi connectivity index (χ2v) is 19.3. The summed E-state index contributed by atoms with van der Waals surface area (Å²) in [4.78, 5) is 68.8. The molecule has 2 saturated heterocycles. The van der Waals surface area contributed by atoms with E-state index in [9.17, 15) is 24.0 Å². The number of aliphatic hydroxyl groups excluding tert-OH is 1. The molecule has 5 atom stereocenters. The van der Waals surface area contributed by atoms with Crippen molar-refractivity contribution in [3.8, 4) is 22.4 Å². The zero-order valence-corrected chi connectivity index (χ0v) is 41.5. The van der Waals surface area contributed by atoms with Crippen LogP contribution in [-0.2, 0) is 52.8 Å². The number of benzene rings is 2. The van der Waals surface area contributed by atoms with Gasteiger partial charge in [0, 0.05) is 73.7 Å². The first-order valence-electron chi connectivity index (χ1n) is 23.8. The van der Waals surface area contributed by atoms with Gasteiger partial charge in [-0.2, -0.15) is 0 Å². The molecule has 15 nitrogen and oxygen atoms in total. The second kappa shape index (κ2) is 24.5. The van der Waals surface area contributed by atoms with Gasteiger partial charge in [-0.3, -0.25) is 34.1 Å². The monoisotopic (exact) mass is 936 g/mol. The van der Waals surface area contributed by atoms with E-state index in [0.29, 0.717) is 38.8 Å². The van der Waals surface area contributed by atoms with Crippen LogP contribution >= 0.6 is 0 Å². The number of amides is 3. The molecule has 3 N–H and O–H groups in total. The van der Waals surface area contributed by atoms with E-state index in [1.807, 2.05) is 58.0 Å². The highest BCUT2D eigenvalue weighted by atomic mass is 16.5. The molecule has 0 aliphatic carbocycles. The van der Waals surface area contributed by atoms with Crippen LogP contribution in [0.2, 0.25) is 0 Å². The molecule has 0 bridgehead atoms. The maximum absolute atomic E-state index is 14.0. The van der Waals surface area contributed by atoms with Crippen LogP contribution in [0.5, 0.6) is 0 Å². The zero-order chi connectivity index (χ0) is 49.7. The maximum Gasteiger partial charge on any atom is 0.293 e. The Morgan fingerprint density at radius 2 is 1.81 bits per heavy atom. The Bertz CT molecular complexity index is 2360. The third kappa shape index (κ3) is 12.9. The molecule has 368 valence electrons. The van der Waals surface area contributed by atoms with Gasteiger partial charge in [-0.15, -0.1) is 0 Å². The van der Waals surface area contributed by atoms with Crippen LogP contribution < -0.4 is 10.7 Å². The number of hydrogen-bond donors (Lipinski definition) is 3. The van der Waals surface area contributed by atoms with E-state index in [4.69, 9.17) is 19.6 Å². The summed E-state index contributed by atoms with van der Waals surface area (Å²) in [7, 11) is 5.49. The number of nitrogens with zero attached hydrogens (tertiary/aromatic N) is 5. The molecule has 6 rings (SSSR count). The number of hydrogen-bond acceptors (Lipinski definition) is 11. The number of pyridine rings is 1. The van der Waals surface area contributed by atoms with Gasteiger partial charge in [0.05, 0.1) is 42.8 Å². The lowest BCUT2D eigenvalue weighted by molar-refractivity contribution is -0.141. The molecule has 15 heteroatoms. The van der Waals surface area contributed by atoms with Crippen molar-refractivity contribution in [1.29, 1.82) is 0 Å². The van der Waals surface area contributed by atoms with Gasteiger partial charge in [-0.1, -0.05) is 64.6 Å². The summed E-state index contributed by atoms with van der Waals surface area (Å²) in [5.74, 6) is -0.567. The standard InChI is InChI=1S/C44H60N6O5.C9H13NO3/c1-10-49-38-19-18-33(25-35(38)36(26-44(5,6)27-55-28-51)41(49)34-17-14-20-45-39(34)30(4)54-9)32-16-13-15-31(23-32)24-37(43(53)50-22-12-11-21-46-50)47-42(52)40(29(2)3)48(7)8;1-2-9(13)10-4-7(5-11)3-8(10)6-12/h13-20,23,25,28-30,37,40,46H,10-12,21-22,24,26-27H2,1-9H3,(H,47,52);2,5,7-8,12H,1,3-4,6H2. The lowest BCUT2D eigenvalue weighted by Gasteiger charge is -2.33. The van der Waals surface area contributed by atoms with Crippen LogP contribution in [0.15, 0.2) is 73.4 Å². The van der Waals surface area contributed by atoms with E-state index in [1.54, 1.807) is 18.3 Å². The van der Waals surface area contributed by atoms with E-state index >= 15 is 0 Å². The van der Waals surface area contributed by atoms with Crippen molar-refractivity contribution in [2.24, 2.45) is 17.3 Å². The van der Waals surface area contributed by atoms with E-state index in [-0.39, 0.29) is 66.4 Å². The second-order valence-electron chi connectivity index (χ2n) is 19.3. The number of fused-ring (bicyclic) bond motifs is 1. The molecule has 0 radical (unpaired) electrons. The first kappa shape index (κ1) is 53.2. The topological polar surface area (TPSA) is 176 Å². The number of ether oxygens (including phenoxy) is 2. The summed E-state index contributed by atoms with van der Waals surface area (Å²) in [5, 5.41) is 14.9. The SMILES string of the molecule is C=CC(=O)N1CC(C=O)CC1CO.CCn1c(-c2cccnc2C(C)OC)c(CC(C)(C)COC=O)c2cc(-c3cccc(CC(NC(=O)C(C(C)C)N(C)C)C(=O)N4CCCCN4)c3)ccc21. The van der Waals surface area contributed by atoms with Gasteiger partial charge < -0.3 is 34.2 Å². The predicted molar refractivity (Wildman–Crippen MR) is 265 cm³/mol. The molecule has 5 unspecified atom stereocenters. The summed E-state index contributed by atoms with van der Waals surface area (Å²) >= 11 is 0. The Labute approximate surface area is 402 Å². The molecule has 4 heterocycles. The molecular formula is C53H73N7O8. The van der Waals surface area contributed by atoms with Crippen molar-refractivity contribution in [2.75, 3.05) is 54.1 Å². The van der Waals surface area contributed by atoms with E-state index in [1.165, 1.54) is 11.0 Å². The van der Waals surface area contributed by atoms with Gasteiger partial charge in [0.1, 0.15) is 12.3 Å². The minimum absolute atomic E-state index is 0.0707. The van der Waals surface area contributed by atoms with Gasteiger partial charge in [-0.05, 0) is 112 Å². The fourth-order valence-corrected chi connectivity index (χ4v) is 9.64. The molecule has 2 fully saturated rings. The number of aldehydes is 1. The Hall–Kier alpha value is -5.74. The number of aryl methyl sites for hydroxylation is 1. The summed E-state index contributed by atoms with van der Waals surface area (Å²) < 4.78 is 13.4. The van der Waals surface area contributed by atoms with E-state index in [0.717, 1.165) is 82.3 Å². The van der Waals surface area contributed by atoms with Crippen LogP contribution in [0.25, 0.3) is 33.3 Å². The van der Waals surface area contributed by atoms with Gasteiger partial charge in [0.25, 0.3) is 12.4 Å². The van der Waals surface area contributed by atoms with Gasteiger partial charge in [-0.25, -0.2) is 5.43 Å². The molecule has 68 heavy (non-hydrogen) atoms. The van der Waals surface area contributed by atoms with E-state index in [2.05, 4.69) is 79.1 Å². The van der Waals surface area contributed by atoms with Crippen LogP contribution in [0.3, 0.4) is 0 Å². The number of rotatable bonds is 20. The van der Waals surface area contributed by atoms with Crippen molar-refractivity contribution in [3.05, 3.63) is 90.3 Å². The van der Waals surface area contributed by atoms with Crippen molar-refractivity contribution >= 4 is 41.4 Å². The average molecular weight is 936 g/mol. The fraction of sp³-hybridized carbons (Fsp3) is 0.509. The number of methoxy groups -OCH3 is 1. The number of carbonyl (C=O) groups is 5. The number of hydrazine groups is 1. The highest BCUT2D eigenvalue weighted by Gasteiger charge is 2.34. The normalized spacial score (nSPS) is 17.6. The minimum atomic E-state index is -0.733. The number of aromatic nitrogens is 2. The fourth-order valence-electron chi connectivity index (χ4n) is 9.64. The Balaban J connectivity index is 0.000000573. The number of likely N-dealkylation sites (tertiary alicyclic amines) is 1. The number of carbonyl (C=O) groups excluding carboxylic acids is 5. The van der Waals surface area contributed by atoms with Gasteiger partial charge >= 0.3 is 0 Å². The smallest absolute Gasteiger partial charge is 0.293 e. The van der Waals surface area contributed by atoms with Crippen LogP contribution in [0.1, 0.15) is 83.7 Å². The van der Waals surface area contributed by atoms with Gasteiger partial charge in [0.2, 0.25) is 11.8 Å². The maximum atomic E-state index is 14.0. The number of likely N-dealkylation sites (N-methyl/N-ethyl adjacent to an activating group) is 1. The summed E-state index contributed by atoms with van der Waals surface area (Å²) in [6.45, 7) is 19.0. The molecular weight excluding hydrogens is 863 g/mol. The van der Waals surface area contributed by atoms with E-state index < -0.39 is 6.04 Å². The zero-order valence-electron chi connectivity index (χ0n) is 41.5. The molecule has 0 saturated carbocycles. The summed E-state index contributed by atoms with van der Waals surface area (Å²) in [6, 6.07) is 17.6. The lowest BCUT2D eigenvalue weighted by Crippen LogP contribution is -2.58. The number of nitrogens with one attached hydrogen (secondary N) is 2. The summed E-state index contributed by atoms with van der Waals surface area (Å²) in [5.41, 5.74) is 11.1. The Morgan fingerprint density at radius 3 is 2.43 bits per heavy atom. The molecule has 2 aliphatic rings. The van der Waals surface area contributed by atoms with Crippen LogP contribution in [0.4, 0.5) is 0 Å². The van der Waals surface area contributed by atoms with Crippen molar-refractivity contribution in [3.63, 3.8) is 0 Å². The first-order valence-corrected chi connectivity index (χ1v) is 23.8. The predicted octanol–water partition coefficient (Wildman–Crippen LogP) is 6.16. The highest BCUT2D eigenvalue weighted by molar-refractivity contribution is 5.95. The van der Waals surface area contributed by atoms with Crippen molar-refractivity contribution in [2.45, 2.75) is 104 Å². The largest absolute Gasteiger partial charge is 0.467 e. The Kier molecular flexibility index (Phi) is 19.2. The average Bonchev–Trinajstić information content (AvgIpc) is 3.90. The molecule has 4 aromatic rings. The molecule has 2 aliphatic heterocycles. The highest BCUT2D eigenvalue weighted by Crippen LogP contribution is 2.42. The summed E-state index contributed by atoms with van der Waals surface area (Å²) in [6.07, 6.45) is 7.10. The van der Waals surface area contributed by atoms with Crippen molar-refractivity contribution in [1.82, 2.24) is 35.1 Å². The first-order chi connectivity index (χ1) is 32.5. The minimum Gasteiger partial charge on any atom is -0.467 e. The van der Waals surface area contributed by atoms with Crippen LogP contribution in [-0.4, -0.2) is 132 Å². The third-order valence-corrected chi connectivity index (χ3v) is 13.0. The lowest BCUT2D eigenvalue weighted by atomic mass is 9.84.